The molecule has 1 amide bonds. The molecule has 6 heteroatoms. The van der Waals surface area contributed by atoms with E-state index in [0.29, 0.717) is 5.82 Å². The molecule has 2 heterocycles. The number of anilines is 2. The molecule has 1 aliphatic heterocycles. The number of nitrogens with zero attached hydrogens (tertiary/aromatic N) is 3. The lowest BCUT2D eigenvalue weighted by atomic mass is 10.1. The summed E-state index contributed by atoms with van der Waals surface area (Å²) in [5, 5.41) is 2.77. The normalized spacial score (nSPS) is 14.6. The van der Waals surface area contributed by atoms with Crippen LogP contribution < -0.4 is 10.2 Å². The Kier molecular flexibility index (Phi) is 4.80. The van der Waals surface area contributed by atoms with Crippen LogP contribution in [0.3, 0.4) is 0 Å². The summed E-state index contributed by atoms with van der Waals surface area (Å²) in [6, 6.07) is 7.71. The van der Waals surface area contributed by atoms with Gasteiger partial charge in [-0.05, 0) is 37.0 Å². The number of hydrogen-bond donors (Lipinski definition) is 1. The van der Waals surface area contributed by atoms with Crippen molar-refractivity contribution in [3.05, 3.63) is 48.0 Å². The highest BCUT2D eigenvalue weighted by molar-refractivity contribution is 5.91. The van der Waals surface area contributed by atoms with Crippen molar-refractivity contribution in [2.45, 2.75) is 25.7 Å². The molecular formula is C17H19FN4O. The van der Waals surface area contributed by atoms with Gasteiger partial charge in [-0.3, -0.25) is 4.79 Å². The van der Waals surface area contributed by atoms with E-state index in [1.807, 2.05) is 0 Å². The minimum absolute atomic E-state index is 0.181. The van der Waals surface area contributed by atoms with Crippen LogP contribution in [0.25, 0.3) is 0 Å². The zero-order valence-corrected chi connectivity index (χ0v) is 12.8. The fourth-order valence-electron chi connectivity index (χ4n) is 2.69. The standard InChI is InChI=1S/C17H19FN4O/c18-14-6-4-13(5-7-14)10-17(23)21-15-11-16(20-12-19-15)22-8-2-1-3-9-22/h4-7,11-12H,1-3,8-10H2,(H,19,20,21,23). The van der Waals surface area contributed by atoms with Gasteiger partial charge in [0.15, 0.2) is 0 Å². The highest BCUT2D eigenvalue weighted by atomic mass is 19.1. The first-order valence-electron chi connectivity index (χ1n) is 7.82. The van der Waals surface area contributed by atoms with Gasteiger partial charge in [0.05, 0.1) is 6.42 Å². The Bertz CT molecular complexity index is 669. The van der Waals surface area contributed by atoms with Crippen molar-refractivity contribution in [2.24, 2.45) is 0 Å². The molecule has 0 aliphatic carbocycles. The molecule has 1 saturated heterocycles. The van der Waals surface area contributed by atoms with Crippen molar-refractivity contribution in [2.75, 3.05) is 23.3 Å². The SMILES string of the molecule is O=C(Cc1ccc(F)cc1)Nc1cc(N2CCCCC2)ncn1. The number of piperidine rings is 1. The van der Waals surface area contributed by atoms with Crippen LogP contribution in [-0.4, -0.2) is 29.0 Å². The first kappa shape index (κ1) is 15.4. The topological polar surface area (TPSA) is 58.1 Å². The number of amides is 1. The Labute approximate surface area is 134 Å². The van der Waals surface area contributed by atoms with E-state index in [2.05, 4.69) is 20.2 Å². The number of halogens is 1. The number of hydrogen-bond acceptors (Lipinski definition) is 4. The predicted molar refractivity (Wildman–Crippen MR) is 86.8 cm³/mol. The fraction of sp³-hybridized carbons (Fsp3) is 0.353. The smallest absolute Gasteiger partial charge is 0.229 e. The van der Waals surface area contributed by atoms with Crippen LogP contribution in [0.15, 0.2) is 36.7 Å². The number of nitrogens with one attached hydrogen (secondary N) is 1. The van der Waals surface area contributed by atoms with Gasteiger partial charge < -0.3 is 10.2 Å². The van der Waals surface area contributed by atoms with Crippen molar-refractivity contribution >= 4 is 17.5 Å². The minimum Gasteiger partial charge on any atom is -0.356 e. The second-order valence-electron chi connectivity index (χ2n) is 5.66. The Hall–Kier alpha value is -2.50. The van der Waals surface area contributed by atoms with Crippen molar-refractivity contribution < 1.29 is 9.18 Å². The number of carbonyl (C=O) groups is 1. The average molecular weight is 314 g/mol. The molecule has 0 unspecified atom stereocenters. The monoisotopic (exact) mass is 314 g/mol. The lowest BCUT2D eigenvalue weighted by Crippen LogP contribution is -2.30. The van der Waals surface area contributed by atoms with Gasteiger partial charge >= 0.3 is 0 Å². The molecule has 5 nitrogen and oxygen atoms in total. The summed E-state index contributed by atoms with van der Waals surface area (Å²) < 4.78 is 12.9. The minimum atomic E-state index is -0.309. The molecule has 1 fully saturated rings. The summed E-state index contributed by atoms with van der Waals surface area (Å²) in [5.74, 6) is 0.848. The first-order chi connectivity index (χ1) is 11.2. The van der Waals surface area contributed by atoms with Crippen molar-refractivity contribution in [1.29, 1.82) is 0 Å². The highest BCUT2D eigenvalue weighted by Crippen LogP contribution is 2.19. The molecule has 0 spiro atoms. The summed E-state index contributed by atoms with van der Waals surface area (Å²) in [4.78, 5) is 22.7. The van der Waals surface area contributed by atoms with Gasteiger partial charge in [-0.25, -0.2) is 14.4 Å². The summed E-state index contributed by atoms with van der Waals surface area (Å²) in [5.41, 5.74) is 0.759. The van der Waals surface area contributed by atoms with E-state index in [1.54, 1.807) is 18.2 Å². The Balaban J connectivity index is 1.62. The van der Waals surface area contributed by atoms with Crippen LogP contribution in [0.5, 0.6) is 0 Å². The second kappa shape index (κ2) is 7.17. The molecule has 2 aromatic rings. The van der Waals surface area contributed by atoms with E-state index in [1.165, 1.54) is 24.9 Å². The van der Waals surface area contributed by atoms with E-state index >= 15 is 0 Å². The predicted octanol–water partition coefficient (Wildman–Crippen LogP) is 2.79. The molecule has 0 saturated carbocycles. The molecule has 23 heavy (non-hydrogen) atoms. The van der Waals surface area contributed by atoms with E-state index in [-0.39, 0.29) is 18.1 Å². The molecule has 1 aliphatic rings. The third kappa shape index (κ3) is 4.25. The van der Waals surface area contributed by atoms with E-state index in [9.17, 15) is 9.18 Å². The van der Waals surface area contributed by atoms with Gasteiger partial charge in [0.25, 0.3) is 0 Å². The highest BCUT2D eigenvalue weighted by Gasteiger charge is 2.13. The maximum Gasteiger partial charge on any atom is 0.229 e. The van der Waals surface area contributed by atoms with Gasteiger partial charge in [0, 0.05) is 19.2 Å². The number of benzene rings is 1. The third-order valence-electron chi connectivity index (χ3n) is 3.88. The summed E-state index contributed by atoms with van der Waals surface area (Å²) >= 11 is 0. The lowest BCUT2D eigenvalue weighted by Gasteiger charge is -2.27. The quantitative estimate of drug-likeness (QED) is 0.943. The van der Waals surface area contributed by atoms with Gasteiger partial charge in [-0.1, -0.05) is 12.1 Å². The van der Waals surface area contributed by atoms with Crippen molar-refractivity contribution in [3.8, 4) is 0 Å². The summed E-state index contributed by atoms with van der Waals surface area (Å²) in [6.07, 6.45) is 5.23. The molecule has 3 rings (SSSR count). The van der Waals surface area contributed by atoms with Crippen LogP contribution in [0, 0.1) is 5.82 Å². The van der Waals surface area contributed by atoms with E-state index in [4.69, 9.17) is 0 Å². The Morgan fingerprint density at radius 3 is 2.61 bits per heavy atom. The lowest BCUT2D eigenvalue weighted by molar-refractivity contribution is -0.115. The van der Waals surface area contributed by atoms with Crippen LogP contribution >= 0.6 is 0 Å². The Morgan fingerprint density at radius 2 is 1.87 bits per heavy atom. The average Bonchev–Trinajstić information content (AvgIpc) is 2.58. The fourth-order valence-corrected chi connectivity index (χ4v) is 2.69. The van der Waals surface area contributed by atoms with Crippen molar-refractivity contribution in [1.82, 2.24) is 9.97 Å². The van der Waals surface area contributed by atoms with Crippen LogP contribution in [0.4, 0.5) is 16.0 Å². The van der Waals surface area contributed by atoms with Gasteiger partial charge in [-0.15, -0.1) is 0 Å². The van der Waals surface area contributed by atoms with Gasteiger partial charge in [-0.2, -0.15) is 0 Å². The van der Waals surface area contributed by atoms with Crippen LogP contribution in [0.2, 0.25) is 0 Å². The van der Waals surface area contributed by atoms with Crippen LogP contribution in [-0.2, 0) is 11.2 Å². The second-order valence-corrected chi connectivity index (χ2v) is 5.66. The molecule has 0 radical (unpaired) electrons. The summed E-state index contributed by atoms with van der Waals surface area (Å²) in [7, 11) is 0. The molecule has 0 bridgehead atoms. The zero-order chi connectivity index (χ0) is 16.1. The first-order valence-corrected chi connectivity index (χ1v) is 7.82. The molecule has 1 aromatic heterocycles. The molecule has 1 N–H and O–H groups in total. The van der Waals surface area contributed by atoms with E-state index in [0.717, 1.165) is 37.3 Å². The van der Waals surface area contributed by atoms with E-state index < -0.39 is 0 Å². The summed E-state index contributed by atoms with van der Waals surface area (Å²) in [6.45, 7) is 1.97. The maximum atomic E-state index is 12.9. The largest absolute Gasteiger partial charge is 0.356 e. The van der Waals surface area contributed by atoms with Crippen LogP contribution in [0.1, 0.15) is 24.8 Å². The zero-order valence-electron chi connectivity index (χ0n) is 12.8. The van der Waals surface area contributed by atoms with Crippen molar-refractivity contribution in [3.63, 3.8) is 0 Å². The number of rotatable bonds is 4. The molecule has 1 aromatic carbocycles. The van der Waals surface area contributed by atoms with Gasteiger partial charge in [0.1, 0.15) is 23.8 Å². The van der Waals surface area contributed by atoms with Gasteiger partial charge in [0.2, 0.25) is 5.91 Å². The number of aromatic nitrogens is 2. The maximum absolute atomic E-state index is 12.9. The molecule has 0 atom stereocenters. The Morgan fingerprint density at radius 1 is 1.13 bits per heavy atom. The number of carbonyl (C=O) groups excluding carboxylic acids is 1. The molecule has 120 valence electrons. The molecular weight excluding hydrogens is 295 g/mol. The third-order valence-corrected chi connectivity index (χ3v) is 3.88.